The van der Waals surface area contributed by atoms with Crippen molar-refractivity contribution in [1.29, 1.82) is 0 Å². The van der Waals surface area contributed by atoms with Crippen LogP contribution < -0.4 is 10.6 Å². The minimum Gasteiger partial charge on any atom is -0.315 e. The molecule has 36 heavy (non-hydrogen) atoms. The van der Waals surface area contributed by atoms with Gasteiger partial charge >= 0.3 is 6.03 Å². The second kappa shape index (κ2) is 11.8. The molecule has 7 nitrogen and oxygen atoms in total. The molecule has 10 heteroatoms. The van der Waals surface area contributed by atoms with Crippen LogP contribution in [0, 0.1) is 5.82 Å². The standard InChI is InChI=1S/C26H30Cl2FN5O2/c1-5-6-12-33(25(36)30-18-9-7-8-17(29)13-18)16-24(35)31-23-15-22(26(2,3)4)32-34(23)19-10-11-20(27)21(28)14-19/h7-11,13-15H,5-6,12,16H2,1-4H3,(H,30,36)(H,31,35). The molecule has 3 aromatic rings. The molecule has 1 aromatic heterocycles. The first kappa shape index (κ1) is 27.5. The van der Waals surface area contributed by atoms with Crippen molar-refractivity contribution in [3.63, 3.8) is 0 Å². The highest BCUT2D eigenvalue weighted by Crippen LogP contribution is 2.29. The molecular formula is C26H30Cl2FN5O2. The molecule has 3 amide bonds. The number of nitrogens with one attached hydrogen (secondary N) is 2. The summed E-state index contributed by atoms with van der Waals surface area (Å²) in [5, 5.41) is 11.0. The summed E-state index contributed by atoms with van der Waals surface area (Å²) in [5.41, 5.74) is 1.42. The van der Waals surface area contributed by atoms with Crippen LogP contribution in [0.1, 0.15) is 46.2 Å². The van der Waals surface area contributed by atoms with Crippen LogP contribution in [-0.4, -0.2) is 39.7 Å². The molecule has 0 bridgehead atoms. The maximum Gasteiger partial charge on any atom is 0.322 e. The van der Waals surface area contributed by atoms with E-state index in [1.807, 2.05) is 27.7 Å². The maximum absolute atomic E-state index is 13.5. The Morgan fingerprint density at radius 3 is 2.44 bits per heavy atom. The molecule has 1 heterocycles. The Bertz CT molecular complexity index is 1240. The summed E-state index contributed by atoms with van der Waals surface area (Å²) < 4.78 is 15.1. The average Bonchev–Trinajstić information content (AvgIpc) is 3.22. The second-order valence-corrected chi connectivity index (χ2v) is 10.3. The molecule has 192 valence electrons. The summed E-state index contributed by atoms with van der Waals surface area (Å²) in [6.45, 7) is 8.21. The molecule has 0 radical (unpaired) electrons. The van der Waals surface area contributed by atoms with Gasteiger partial charge in [-0.1, -0.05) is 63.4 Å². The number of anilines is 2. The lowest BCUT2D eigenvalue weighted by atomic mass is 9.92. The molecular weight excluding hydrogens is 504 g/mol. The Morgan fingerprint density at radius 1 is 1.06 bits per heavy atom. The number of nitrogens with zero attached hydrogens (tertiary/aromatic N) is 3. The van der Waals surface area contributed by atoms with Crippen molar-refractivity contribution in [2.24, 2.45) is 0 Å². The number of benzene rings is 2. The van der Waals surface area contributed by atoms with E-state index in [1.54, 1.807) is 35.0 Å². The topological polar surface area (TPSA) is 79.3 Å². The maximum atomic E-state index is 13.5. The van der Waals surface area contributed by atoms with Gasteiger partial charge in [-0.25, -0.2) is 13.9 Å². The highest BCUT2D eigenvalue weighted by molar-refractivity contribution is 6.42. The minimum atomic E-state index is -0.488. The van der Waals surface area contributed by atoms with E-state index >= 15 is 0 Å². The summed E-state index contributed by atoms with van der Waals surface area (Å²) in [6.07, 6.45) is 1.55. The van der Waals surface area contributed by atoms with Crippen LogP contribution in [0.4, 0.5) is 20.7 Å². The van der Waals surface area contributed by atoms with Crippen LogP contribution in [0.25, 0.3) is 5.69 Å². The number of carbonyl (C=O) groups excluding carboxylic acids is 2. The molecule has 0 unspecified atom stereocenters. The normalized spacial score (nSPS) is 11.3. The van der Waals surface area contributed by atoms with Gasteiger partial charge in [-0.05, 0) is 42.8 Å². The van der Waals surface area contributed by atoms with Gasteiger partial charge in [0.1, 0.15) is 18.2 Å². The quantitative estimate of drug-likeness (QED) is 0.330. The summed E-state index contributed by atoms with van der Waals surface area (Å²) in [4.78, 5) is 27.4. The van der Waals surface area contributed by atoms with E-state index in [4.69, 9.17) is 23.2 Å². The van der Waals surface area contributed by atoms with Crippen LogP contribution >= 0.6 is 23.2 Å². The lowest BCUT2D eigenvalue weighted by Crippen LogP contribution is -2.41. The summed E-state index contributed by atoms with van der Waals surface area (Å²) in [5.74, 6) is -0.428. The molecule has 3 rings (SSSR count). The van der Waals surface area contributed by atoms with Crippen LogP contribution in [0.5, 0.6) is 0 Å². The first-order valence-corrected chi connectivity index (χ1v) is 12.4. The van der Waals surface area contributed by atoms with Gasteiger partial charge in [-0.3, -0.25) is 4.79 Å². The second-order valence-electron chi connectivity index (χ2n) is 9.44. The van der Waals surface area contributed by atoms with E-state index < -0.39 is 17.8 Å². The largest absolute Gasteiger partial charge is 0.322 e. The molecule has 0 aliphatic heterocycles. The number of unbranched alkanes of at least 4 members (excludes halogenated alkanes) is 1. The number of amides is 3. The molecule has 0 saturated carbocycles. The Hall–Kier alpha value is -3.10. The van der Waals surface area contributed by atoms with Gasteiger partial charge < -0.3 is 15.5 Å². The predicted molar refractivity (Wildman–Crippen MR) is 143 cm³/mol. The first-order valence-electron chi connectivity index (χ1n) is 11.6. The van der Waals surface area contributed by atoms with Crippen molar-refractivity contribution in [1.82, 2.24) is 14.7 Å². The molecule has 0 atom stereocenters. The monoisotopic (exact) mass is 533 g/mol. The number of urea groups is 1. The van der Waals surface area contributed by atoms with Crippen LogP contribution in [0.2, 0.25) is 10.0 Å². The lowest BCUT2D eigenvalue weighted by Gasteiger charge is -2.22. The highest BCUT2D eigenvalue weighted by atomic mass is 35.5. The van der Waals surface area contributed by atoms with E-state index in [2.05, 4.69) is 15.7 Å². The molecule has 0 saturated heterocycles. The van der Waals surface area contributed by atoms with Crippen LogP contribution in [-0.2, 0) is 10.2 Å². The number of hydrogen-bond acceptors (Lipinski definition) is 3. The smallest absolute Gasteiger partial charge is 0.315 e. The molecule has 0 aliphatic carbocycles. The van der Waals surface area contributed by atoms with Crippen molar-refractivity contribution in [2.75, 3.05) is 23.7 Å². The number of carbonyl (C=O) groups is 2. The number of hydrogen-bond donors (Lipinski definition) is 2. The van der Waals surface area contributed by atoms with Gasteiger partial charge in [0.2, 0.25) is 5.91 Å². The third kappa shape index (κ3) is 7.21. The fourth-order valence-corrected chi connectivity index (χ4v) is 3.67. The Morgan fingerprint density at radius 2 is 1.81 bits per heavy atom. The summed E-state index contributed by atoms with van der Waals surface area (Å²) in [7, 11) is 0. The summed E-state index contributed by atoms with van der Waals surface area (Å²) in [6, 6.07) is 12.0. The van der Waals surface area contributed by atoms with Gasteiger partial charge in [0.15, 0.2) is 0 Å². The van der Waals surface area contributed by atoms with Crippen LogP contribution in [0.3, 0.4) is 0 Å². The molecule has 2 aromatic carbocycles. The van der Waals surface area contributed by atoms with E-state index in [-0.39, 0.29) is 12.0 Å². The van der Waals surface area contributed by atoms with Gasteiger partial charge in [0.25, 0.3) is 0 Å². The lowest BCUT2D eigenvalue weighted by molar-refractivity contribution is -0.116. The third-order valence-corrected chi connectivity index (χ3v) is 6.11. The first-order chi connectivity index (χ1) is 17.0. The Labute approximate surface area is 220 Å². The van der Waals surface area contributed by atoms with Crippen molar-refractivity contribution < 1.29 is 14.0 Å². The van der Waals surface area contributed by atoms with Crippen molar-refractivity contribution in [3.8, 4) is 5.69 Å². The zero-order chi connectivity index (χ0) is 26.5. The van der Waals surface area contributed by atoms with Crippen molar-refractivity contribution >= 4 is 46.6 Å². The molecule has 0 spiro atoms. The SMILES string of the molecule is CCCCN(CC(=O)Nc1cc(C(C)(C)C)nn1-c1ccc(Cl)c(Cl)c1)C(=O)Nc1cccc(F)c1. The highest BCUT2D eigenvalue weighted by Gasteiger charge is 2.23. The summed E-state index contributed by atoms with van der Waals surface area (Å²) >= 11 is 12.3. The number of aromatic nitrogens is 2. The average molecular weight is 534 g/mol. The van der Waals surface area contributed by atoms with Crippen LogP contribution in [0.15, 0.2) is 48.5 Å². The fourth-order valence-electron chi connectivity index (χ4n) is 3.38. The van der Waals surface area contributed by atoms with E-state index in [1.165, 1.54) is 23.1 Å². The predicted octanol–water partition coefficient (Wildman–Crippen LogP) is 6.89. The van der Waals surface area contributed by atoms with Crippen molar-refractivity contribution in [2.45, 2.75) is 46.0 Å². The third-order valence-electron chi connectivity index (χ3n) is 5.37. The zero-order valence-corrected chi connectivity index (χ0v) is 22.3. The number of rotatable bonds is 8. The molecule has 2 N–H and O–H groups in total. The Balaban J connectivity index is 1.83. The molecule has 0 fully saturated rings. The van der Waals surface area contributed by atoms with Gasteiger partial charge in [0.05, 0.1) is 21.4 Å². The van der Waals surface area contributed by atoms with E-state index in [0.29, 0.717) is 40.2 Å². The zero-order valence-electron chi connectivity index (χ0n) is 20.7. The van der Waals surface area contributed by atoms with Crippen molar-refractivity contribution in [3.05, 3.63) is 70.1 Å². The number of halogens is 3. The van der Waals surface area contributed by atoms with Gasteiger partial charge in [-0.2, -0.15) is 5.10 Å². The molecule has 0 aliphatic rings. The minimum absolute atomic E-state index is 0.196. The van der Waals surface area contributed by atoms with Gasteiger partial charge in [0, 0.05) is 23.7 Å². The Kier molecular flexibility index (Phi) is 8.98. The fraction of sp³-hybridized carbons (Fsp3) is 0.346. The van der Waals surface area contributed by atoms with Gasteiger partial charge in [-0.15, -0.1) is 0 Å². The van der Waals surface area contributed by atoms with E-state index in [9.17, 15) is 14.0 Å². The van der Waals surface area contributed by atoms with E-state index in [0.717, 1.165) is 12.1 Å².